The Bertz CT molecular complexity index is 365. The van der Waals surface area contributed by atoms with Crippen LogP contribution in [-0.4, -0.2) is 32.3 Å². The lowest BCUT2D eigenvalue weighted by atomic mass is 10.1. The van der Waals surface area contributed by atoms with Gasteiger partial charge in [0.15, 0.2) is 0 Å². The molecule has 1 atom stereocenters. The van der Waals surface area contributed by atoms with E-state index in [0.717, 1.165) is 19.6 Å². The summed E-state index contributed by atoms with van der Waals surface area (Å²) in [6.45, 7) is 4.16. The van der Waals surface area contributed by atoms with Crippen LogP contribution in [0.3, 0.4) is 0 Å². The van der Waals surface area contributed by atoms with Gasteiger partial charge in [-0.1, -0.05) is 0 Å². The van der Waals surface area contributed by atoms with E-state index in [4.69, 9.17) is 4.74 Å². The van der Waals surface area contributed by atoms with Gasteiger partial charge in [0.1, 0.15) is 0 Å². The van der Waals surface area contributed by atoms with Gasteiger partial charge >= 0.3 is 0 Å². The minimum Gasteiger partial charge on any atom is -0.380 e. The third kappa shape index (κ3) is 2.78. The van der Waals surface area contributed by atoms with Crippen molar-refractivity contribution >= 4 is 11.4 Å². The molecule has 2 aliphatic rings. The van der Waals surface area contributed by atoms with Gasteiger partial charge in [-0.15, -0.1) is 0 Å². The van der Waals surface area contributed by atoms with Crippen LogP contribution in [0.5, 0.6) is 0 Å². The van der Waals surface area contributed by atoms with Gasteiger partial charge in [0.05, 0.1) is 12.6 Å². The summed E-state index contributed by atoms with van der Waals surface area (Å²) in [4.78, 5) is 2.49. The zero-order valence-corrected chi connectivity index (χ0v) is 10.9. The molecule has 2 heterocycles. The summed E-state index contributed by atoms with van der Waals surface area (Å²) < 4.78 is 5.38. The highest BCUT2D eigenvalue weighted by atomic mass is 16.5. The van der Waals surface area contributed by atoms with Gasteiger partial charge in [0.25, 0.3) is 0 Å². The minimum atomic E-state index is 0.492. The smallest absolute Gasteiger partial charge is 0.0668 e. The van der Waals surface area contributed by atoms with Gasteiger partial charge in [-0.25, -0.2) is 0 Å². The maximum absolute atomic E-state index is 5.38. The standard InChI is InChI=1S/C15H22N2O/c1-2-9-17(10-3-1)15-6-4-13(5-7-15)16-14-8-11-18-12-14/h4-7,14,16H,1-3,8-12H2. The molecule has 0 saturated carbocycles. The van der Waals surface area contributed by atoms with Crippen LogP contribution in [0.15, 0.2) is 24.3 Å². The molecule has 0 aliphatic carbocycles. The van der Waals surface area contributed by atoms with Crippen molar-refractivity contribution in [2.75, 3.05) is 36.5 Å². The molecule has 3 heteroatoms. The van der Waals surface area contributed by atoms with Crippen LogP contribution in [0.1, 0.15) is 25.7 Å². The van der Waals surface area contributed by atoms with Crippen LogP contribution >= 0.6 is 0 Å². The van der Waals surface area contributed by atoms with Crippen molar-refractivity contribution in [3.63, 3.8) is 0 Å². The third-order valence-corrected chi connectivity index (χ3v) is 3.89. The molecule has 3 rings (SSSR count). The highest BCUT2D eigenvalue weighted by Gasteiger charge is 2.15. The van der Waals surface area contributed by atoms with Crippen LogP contribution in [0.2, 0.25) is 0 Å². The summed E-state index contributed by atoms with van der Waals surface area (Å²) in [6, 6.07) is 9.36. The molecule has 2 aliphatic heterocycles. The number of hydrogen-bond donors (Lipinski definition) is 1. The lowest BCUT2D eigenvalue weighted by Gasteiger charge is -2.29. The van der Waals surface area contributed by atoms with E-state index in [1.165, 1.54) is 43.7 Å². The lowest BCUT2D eigenvalue weighted by Crippen LogP contribution is -2.29. The van der Waals surface area contributed by atoms with Crippen LogP contribution in [0.25, 0.3) is 0 Å². The van der Waals surface area contributed by atoms with E-state index in [1.54, 1.807) is 0 Å². The van der Waals surface area contributed by atoms with Crippen molar-refractivity contribution in [3.05, 3.63) is 24.3 Å². The van der Waals surface area contributed by atoms with Crippen molar-refractivity contribution in [1.82, 2.24) is 0 Å². The van der Waals surface area contributed by atoms with Gasteiger partial charge in [-0.3, -0.25) is 0 Å². The SMILES string of the molecule is c1cc(N2CCCCC2)ccc1NC1CCOC1. The molecule has 0 amide bonds. The number of piperidine rings is 1. The summed E-state index contributed by atoms with van der Waals surface area (Å²) in [7, 11) is 0. The van der Waals surface area contributed by atoms with E-state index in [1.807, 2.05) is 0 Å². The third-order valence-electron chi connectivity index (χ3n) is 3.89. The molecule has 1 N–H and O–H groups in total. The predicted octanol–water partition coefficient (Wildman–Crippen LogP) is 2.88. The van der Waals surface area contributed by atoms with Gasteiger partial charge in [0.2, 0.25) is 0 Å². The molecule has 0 aromatic heterocycles. The Kier molecular flexibility index (Phi) is 3.69. The summed E-state index contributed by atoms with van der Waals surface area (Å²) in [5, 5.41) is 3.53. The van der Waals surface area contributed by atoms with Crippen LogP contribution in [0, 0.1) is 0 Å². The zero-order valence-electron chi connectivity index (χ0n) is 10.9. The van der Waals surface area contributed by atoms with Crippen molar-refractivity contribution in [3.8, 4) is 0 Å². The van der Waals surface area contributed by atoms with E-state index in [-0.39, 0.29) is 0 Å². The first-order valence-electron chi connectivity index (χ1n) is 7.11. The van der Waals surface area contributed by atoms with Crippen molar-refractivity contribution < 1.29 is 4.74 Å². The van der Waals surface area contributed by atoms with Crippen molar-refractivity contribution in [2.45, 2.75) is 31.7 Å². The summed E-state index contributed by atoms with van der Waals surface area (Å²) in [5.41, 5.74) is 2.58. The molecule has 2 fully saturated rings. The molecule has 0 spiro atoms. The molecule has 3 nitrogen and oxygen atoms in total. The fourth-order valence-corrected chi connectivity index (χ4v) is 2.80. The number of anilines is 2. The van der Waals surface area contributed by atoms with Crippen LogP contribution < -0.4 is 10.2 Å². The number of nitrogens with zero attached hydrogens (tertiary/aromatic N) is 1. The topological polar surface area (TPSA) is 24.5 Å². The average Bonchev–Trinajstić information content (AvgIpc) is 2.94. The summed E-state index contributed by atoms with van der Waals surface area (Å²) in [6.07, 6.45) is 5.17. The Morgan fingerprint density at radius 1 is 1.06 bits per heavy atom. The second-order valence-electron chi connectivity index (χ2n) is 5.30. The first-order chi connectivity index (χ1) is 8.92. The second kappa shape index (κ2) is 5.61. The normalized spacial score (nSPS) is 24.2. The van der Waals surface area contributed by atoms with Gasteiger partial charge in [-0.2, -0.15) is 0 Å². The predicted molar refractivity (Wildman–Crippen MR) is 75.4 cm³/mol. The van der Waals surface area contributed by atoms with Crippen molar-refractivity contribution in [1.29, 1.82) is 0 Å². The second-order valence-corrected chi connectivity index (χ2v) is 5.30. The number of ether oxygens (including phenoxy) is 1. The Hall–Kier alpha value is -1.22. The highest BCUT2D eigenvalue weighted by Crippen LogP contribution is 2.22. The summed E-state index contributed by atoms with van der Waals surface area (Å²) >= 11 is 0. The molecular weight excluding hydrogens is 224 g/mol. The molecule has 98 valence electrons. The summed E-state index contributed by atoms with van der Waals surface area (Å²) in [5.74, 6) is 0. The highest BCUT2D eigenvalue weighted by molar-refractivity contribution is 5.55. The Labute approximate surface area is 109 Å². The number of nitrogens with one attached hydrogen (secondary N) is 1. The fraction of sp³-hybridized carbons (Fsp3) is 0.600. The zero-order chi connectivity index (χ0) is 12.2. The lowest BCUT2D eigenvalue weighted by molar-refractivity contribution is 0.195. The first kappa shape index (κ1) is 11.8. The van der Waals surface area contributed by atoms with Gasteiger partial charge in [0, 0.05) is 31.1 Å². The van der Waals surface area contributed by atoms with E-state index >= 15 is 0 Å². The largest absolute Gasteiger partial charge is 0.380 e. The molecule has 1 unspecified atom stereocenters. The van der Waals surface area contributed by atoms with Crippen LogP contribution in [-0.2, 0) is 4.74 Å². The average molecular weight is 246 g/mol. The minimum absolute atomic E-state index is 0.492. The maximum atomic E-state index is 5.38. The maximum Gasteiger partial charge on any atom is 0.0668 e. The van der Waals surface area contributed by atoms with Crippen molar-refractivity contribution in [2.24, 2.45) is 0 Å². The number of hydrogen-bond acceptors (Lipinski definition) is 3. The number of rotatable bonds is 3. The Morgan fingerprint density at radius 2 is 1.83 bits per heavy atom. The van der Waals surface area contributed by atoms with Gasteiger partial charge in [-0.05, 0) is 49.9 Å². The monoisotopic (exact) mass is 246 g/mol. The molecule has 0 bridgehead atoms. The molecule has 18 heavy (non-hydrogen) atoms. The molecular formula is C15H22N2O. The Morgan fingerprint density at radius 3 is 2.50 bits per heavy atom. The molecule has 1 aromatic carbocycles. The van der Waals surface area contributed by atoms with E-state index in [2.05, 4.69) is 34.5 Å². The van der Waals surface area contributed by atoms with Gasteiger partial charge < -0.3 is 15.0 Å². The molecule has 0 radical (unpaired) electrons. The van der Waals surface area contributed by atoms with Crippen LogP contribution in [0.4, 0.5) is 11.4 Å². The van der Waals surface area contributed by atoms with E-state index < -0.39 is 0 Å². The fourth-order valence-electron chi connectivity index (χ4n) is 2.80. The number of benzene rings is 1. The Balaban J connectivity index is 1.60. The van der Waals surface area contributed by atoms with E-state index in [9.17, 15) is 0 Å². The molecule has 2 saturated heterocycles. The first-order valence-corrected chi connectivity index (χ1v) is 7.11. The van der Waals surface area contributed by atoms with E-state index in [0.29, 0.717) is 6.04 Å². The quantitative estimate of drug-likeness (QED) is 0.887. The molecule has 1 aromatic rings.